The molecule has 0 spiro atoms. The molecular weight excluding hydrogens is 383 g/mol. The molecule has 1 aliphatic carbocycles. The zero-order valence-corrected chi connectivity index (χ0v) is 16.0. The van der Waals surface area contributed by atoms with Gasteiger partial charge in [0, 0.05) is 24.7 Å². The lowest BCUT2D eigenvalue weighted by molar-refractivity contribution is -0.140. The van der Waals surface area contributed by atoms with Crippen molar-refractivity contribution >= 4 is 5.91 Å². The maximum Gasteiger partial charge on any atom is 0.406 e. The summed E-state index contributed by atoms with van der Waals surface area (Å²) < 4.78 is 38.7. The molecule has 3 atom stereocenters. The smallest absolute Gasteiger partial charge is 0.385 e. The Morgan fingerprint density at radius 3 is 2.66 bits per heavy atom. The number of hydrogen-bond donors (Lipinski definition) is 1. The molecule has 1 aromatic heterocycles. The standard InChI is InChI=1S/C21H24F3N3O2/c22-21(23,24)13-26-12-17(25-14-26)19(28)27-11-10-20(29,15-6-2-1-3-7-15)16-8-4-5-9-18(16)27/h1-3,6-7,12,14,16,18,29H,4-5,8-11,13H2/t16-,18+,20-/m0/s1. The second-order valence-corrected chi connectivity index (χ2v) is 8.04. The number of carbonyl (C=O) groups excluding carboxylic acids is 1. The molecule has 2 aromatic rings. The highest BCUT2D eigenvalue weighted by Crippen LogP contribution is 2.47. The minimum atomic E-state index is -4.37. The maximum atomic E-state index is 13.1. The van der Waals surface area contributed by atoms with Crippen molar-refractivity contribution in [3.63, 3.8) is 0 Å². The number of likely N-dealkylation sites (tertiary alicyclic amines) is 1. The third-order valence-corrected chi connectivity index (χ3v) is 6.23. The van der Waals surface area contributed by atoms with Crippen molar-refractivity contribution in [3.05, 3.63) is 54.1 Å². The van der Waals surface area contributed by atoms with E-state index in [0.29, 0.717) is 13.0 Å². The first-order chi connectivity index (χ1) is 13.8. The van der Waals surface area contributed by atoms with Gasteiger partial charge < -0.3 is 14.6 Å². The van der Waals surface area contributed by atoms with Crippen molar-refractivity contribution in [2.75, 3.05) is 6.54 Å². The molecular formula is C21H24F3N3O2. The molecule has 2 aliphatic rings. The van der Waals surface area contributed by atoms with Gasteiger partial charge in [-0.2, -0.15) is 13.2 Å². The first-order valence-corrected chi connectivity index (χ1v) is 9.95. The van der Waals surface area contributed by atoms with Crippen LogP contribution in [0.5, 0.6) is 0 Å². The van der Waals surface area contributed by atoms with Gasteiger partial charge in [0.1, 0.15) is 12.2 Å². The van der Waals surface area contributed by atoms with Gasteiger partial charge in [0.25, 0.3) is 5.91 Å². The number of imidazole rings is 1. The van der Waals surface area contributed by atoms with E-state index >= 15 is 0 Å². The van der Waals surface area contributed by atoms with Crippen LogP contribution in [0.4, 0.5) is 13.2 Å². The largest absolute Gasteiger partial charge is 0.406 e. The first-order valence-electron chi connectivity index (χ1n) is 9.95. The van der Waals surface area contributed by atoms with Gasteiger partial charge in [-0.05, 0) is 24.8 Å². The predicted octanol–water partition coefficient (Wildman–Crippen LogP) is 3.74. The lowest BCUT2D eigenvalue weighted by Gasteiger charge is -2.52. The zero-order chi connectivity index (χ0) is 20.6. The summed E-state index contributed by atoms with van der Waals surface area (Å²) in [5, 5.41) is 11.6. The van der Waals surface area contributed by atoms with Gasteiger partial charge in [-0.15, -0.1) is 0 Å². The van der Waals surface area contributed by atoms with E-state index in [2.05, 4.69) is 4.98 Å². The number of hydrogen-bond acceptors (Lipinski definition) is 3. The Morgan fingerprint density at radius 2 is 1.93 bits per heavy atom. The molecule has 0 unspecified atom stereocenters. The Morgan fingerprint density at radius 1 is 1.21 bits per heavy atom. The number of aromatic nitrogens is 2. The molecule has 1 aromatic carbocycles. The molecule has 0 bridgehead atoms. The van der Waals surface area contributed by atoms with Crippen LogP contribution in [0.1, 0.15) is 48.2 Å². The van der Waals surface area contributed by atoms with Crippen LogP contribution in [-0.4, -0.2) is 44.2 Å². The van der Waals surface area contributed by atoms with Gasteiger partial charge in [0.05, 0.1) is 11.9 Å². The number of fused-ring (bicyclic) bond motifs is 1. The number of alkyl halides is 3. The molecule has 8 heteroatoms. The van der Waals surface area contributed by atoms with Gasteiger partial charge in [-0.1, -0.05) is 43.2 Å². The second-order valence-electron chi connectivity index (χ2n) is 8.04. The van der Waals surface area contributed by atoms with E-state index in [1.807, 2.05) is 30.3 Å². The summed E-state index contributed by atoms with van der Waals surface area (Å²) >= 11 is 0. The van der Waals surface area contributed by atoms with Crippen molar-refractivity contribution in [1.29, 1.82) is 0 Å². The Balaban J connectivity index is 1.58. The molecule has 156 valence electrons. The number of piperidine rings is 1. The van der Waals surface area contributed by atoms with Crippen molar-refractivity contribution in [3.8, 4) is 0 Å². The minimum absolute atomic E-state index is 0.0173. The third kappa shape index (κ3) is 3.90. The number of benzene rings is 1. The van der Waals surface area contributed by atoms with E-state index in [-0.39, 0.29) is 23.6 Å². The predicted molar refractivity (Wildman–Crippen MR) is 100 cm³/mol. The number of amides is 1. The SMILES string of the molecule is O=C(c1cn(CC(F)(F)F)cn1)N1CC[C@](O)(c2ccccc2)[C@H]2CCCC[C@H]21. The van der Waals surface area contributed by atoms with E-state index in [4.69, 9.17) is 0 Å². The van der Waals surface area contributed by atoms with Gasteiger partial charge in [0.2, 0.25) is 0 Å². The van der Waals surface area contributed by atoms with Crippen LogP contribution in [0, 0.1) is 5.92 Å². The Labute approximate surface area is 167 Å². The molecule has 2 heterocycles. The van der Waals surface area contributed by atoms with E-state index in [9.17, 15) is 23.1 Å². The van der Waals surface area contributed by atoms with Gasteiger partial charge in [-0.25, -0.2) is 4.98 Å². The Bertz CT molecular complexity index is 868. The lowest BCUT2D eigenvalue weighted by atomic mass is 9.66. The molecule has 4 rings (SSSR count). The van der Waals surface area contributed by atoms with Crippen LogP contribution in [0.2, 0.25) is 0 Å². The summed E-state index contributed by atoms with van der Waals surface area (Å²) in [6, 6.07) is 9.39. The van der Waals surface area contributed by atoms with Gasteiger partial charge >= 0.3 is 6.18 Å². The summed E-state index contributed by atoms with van der Waals surface area (Å²) in [4.78, 5) is 18.7. The van der Waals surface area contributed by atoms with Crippen molar-refractivity contribution in [2.45, 2.75) is 56.5 Å². The quantitative estimate of drug-likeness (QED) is 0.843. The van der Waals surface area contributed by atoms with Crippen LogP contribution < -0.4 is 0 Å². The molecule has 1 amide bonds. The normalized spacial score (nSPS) is 27.5. The fourth-order valence-corrected chi connectivity index (χ4v) is 4.93. The molecule has 2 fully saturated rings. The van der Waals surface area contributed by atoms with Crippen LogP contribution in [0.25, 0.3) is 0 Å². The van der Waals surface area contributed by atoms with Crippen LogP contribution in [-0.2, 0) is 12.1 Å². The molecule has 29 heavy (non-hydrogen) atoms. The van der Waals surface area contributed by atoms with E-state index in [1.54, 1.807) is 4.90 Å². The van der Waals surface area contributed by atoms with Gasteiger partial charge in [-0.3, -0.25) is 4.79 Å². The highest BCUT2D eigenvalue weighted by Gasteiger charge is 2.50. The Kier molecular flexibility index (Phi) is 5.14. The monoisotopic (exact) mass is 407 g/mol. The number of rotatable bonds is 3. The van der Waals surface area contributed by atoms with E-state index < -0.39 is 18.3 Å². The third-order valence-electron chi connectivity index (χ3n) is 6.23. The fourth-order valence-electron chi connectivity index (χ4n) is 4.93. The molecule has 5 nitrogen and oxygen atoms in total. The summed E-state index contributed by atoms with van der Waals surface area (Å²) in [5.41, 5.74) is -0.124. The van der Waals surface area contributed by atoms with Crippen molar-refractivity contribution < 1.29 is 23.1 Å². The molecule has 1 N–H and O–H groups in total. The highest BCUT2D eigenvalue weighted by atomic mass is 19.4. The number of nitrogens with zero attached hydrogens (tertiary/aromatic N) is 3. The summed E-state index contributed by atoms with van der Waals surface area (Å²) in [6.07, 6.45) is 1.75. The van der Waals surface area contributed by atoms with Crippen LogP contribution >= 0.6 is 0 Å². The van der Waals surface area contributed by atoms with Crippen LogP contribution in [0.15, 0.2) is 42.9 Å². The van der Waals surface area contributed by atoms with E-state index in [1.165, 1.54) is 0 Å². The molecule has 1 saturated carbocycles. The average Bonchev–Trinajstić information content (AvgIpc) is 3.15. The number of carbonyl (C=O) groups is 1. The summed E-state index contributed by atoms with van der Waals surface area (Å²) in [6.45, 7) is -0.829. The zero-order valence-electron chi connectivity index (χ0n) is 16.0. The maximum absolute atomic E-state index is 13.1. The molecule has 1 saturated heterocycles. The van der Waals surface area contributed by atoms with Crippen LogP contribution in [0.3, 0.4) is 0 Å². The first kappa shape index (κ1) is 19.9. The summed E-state index contributed by atoms with van der Waals surface area (Å²) in [5.74, 6) is -0.466. The van der Waals surface area contributed by atoms with Crippen molar-refractivity contribution in [2.24, 2.45) is 5.92 Å². The van der Waals surface area contributed by atoms with Gasteiger partial charge in [0.15, 0.2) is 0 Å². The molecule has 0 radical (unpaired) electrons. The minimum Gasteiger partial charge on any atom is -0.385 e. The Hall–Kier alpha value is -2.35. The fraction of sp³-hybridized carbons (Fsp3) is 0.524. The topological polar surface area (TPSA) is 58.4 Å². The highest BCUT2D eigenvalue weighted by molar-refractivity contribution is 5.92. The number of halogens is 3. The summed E-state index contributed by atoms with van der Waals surface area (Å²) in [7, 11) is 0. The lowest BCUT2D eigenvalue weighted by Crippen LogP contribution is -2.59. The van der Waals surface area contributed by atoms with E-state index in [0.717, 1.165) is 48.3 Å². The average molecular weight is 407 g/mol. The molecule has 1 aliphatic heterocycles. The second kappa shape index (κ2) is 7.48. The van der Waals surface area contributed by atoms with Crippen molar-refractivity contribution in [1.82, 2.24) is 14.5 Å². The number of aliphatic hydroxyl groups is 1.